The fourth-order valence-corrected chi connectivity index (χ4v) is 5.81. The van der Waals surface area contributed by atoms with Crippen LogP contribution in [-0.4, -0.2) is 66.4 Å². The van der Waals surface area contributed by atoms with Crippen molar-refractivity contribution in [3.63, 3.8) is 0 Å². The van der Waals surface area contributed by atoms with E-state index in [0.29, 0.717) is 31.2 Å². The molecule has 0 radical (unpaired) electrons. The number of aryl methyl sites for hydroxylation is 1. The Balaban J connectivity index is 1.67. The lowest BCUT2D eigenvalue weighted by atomic mass is 9.93. The number of amides is 1. The van der Waals surface area contributed by atoms with E-state index in [2.05, 4.69) is 31.0 Å². The molecule has 1 unspecified atom stereocenters. The highest BCUT2D eigenvalue weighted by Gasteiger charge is 2.32. The normalized spacial score (nSPS) is 22.5. The van der Waals surface area contributed by atoms with E-state index in [1.54, 1.807) is 17.8 Å². The van der Waals surface area contributed by atoms with Crippen LogP contribution in [0.5, 0.6) is 0 Å². The van der Waals surface area contributed by atoms with Crippen molar-refractivity contribution in [3.8, 4) is 0 Å². The summed E-state index contributed by atoms with van der Waals surface area (Å²) in [5, 5.41) is 3.02. The smallest absolute Gasteiger partial charge is 0.268 e. The number of likely N-dealkylation sites (tertiary alicyclic amines) is 1. The fourth-order valence-electron chi connectivity index (χ4n) is 4.22. The van der Waals surface area contributed by atoms with Crippen LogP contribution in [0.25, 0.3) is 0 Å². The van der Waals surface area contributed by atoms with Crippen LogP contribution in [0.3, 0.4) is 0 Å². The predicted octanol–water partition coefficient (Wildman–Crippen LogP) is 2.05. The quantitative estimate of drug-likeness (QED) is 0.779. The second-order valence-corrected chi connectivity index (χ2v) is 10.9. The van der Waals surface area contributed by atoms with Crippen LogP contribution in [0.2, 0.25) is 0 Å². The highest BCUT2D eigenvalue weighted by molar-refractivity contribution is 7.89. The van der Waals surface area contributed by atoms with Gasteiger partial charge in [0.2, 0.25) is 10.0 Å². The molecular formula is C20H34N4O3S. The average Bonchev–Trinajstić information content (AvgIpc) is 3.30. The third-order valence-corrected chi connectivity index (χ3v) is 7.97. The highest BCUT2D eigenvalue weighted by Crippen LogP contribution is 2.24. The summed E-state index contributed by atoms with van der Waals surface area (Å²) in [6.45, 7) is 10.3. The molecule has 0 spiro atoms. The van der Waals surface area contributed by atoms with Crippen molar-refractivity contribution in [1.82, 2.24) is 19.1 Å². The van der Waals surface area contributed by atoms with Crippen molar-refractivity contribution in [2.75, 3.05) is 32.7 Å². The van der Waals surface area contributed by atoms with Gasteiger partial charge in [-0.15, -0.1) is 0 Å². The van der Waals surface area contributed by atoms with Gasteiger partial charge in [0, 0.05) is 45.0 Å². The van der Waals surface area contributed by atoms with E-state index in [1.807, 2.05) is 0 Å². The van der Waals surface area contributed by atoms with Crippen molar-refractivity contribution in [2.45, 2.75) is 56.9 Å². The third kappa shape index (κ3) is 4.44. The molecule has 0 bridgehead atoms. The van der Waals surface area contributed by atoms with Crippen molar-refractivity contribution in [1.29, 1.82) is 0 Å². The second kappa shape index (κ2) is 8.16. The number of rotatable bonds is 6. The van der Waals surface area contributed by atoms with E-state index >= 15 is 0 Å². The van der Waals surface area contributed by atoms with Crippen LogP contribution in [0.15, 0.2) is 17.2 Å². The van der Waals surface area contributed by atoms with E-state index in [1.165, 1.54) is 23.2 Å². The number of piperidine rings is 1. The highest BCUT2D eigenvalue weighted by atomic mass is 32.2. The topological polar surface area (TPSA) is 74.7 Å². The summed E-state index contributed by atoms with van der Waals surface area (Å²) in [6.07, 6.45) is 5.78. The van der Waals surface area contributed by atoms with Crippen molar-refractivity contribution in [3.05, 3.63) is 18.0 Å². The fraction of sp³-hybridized carbons (Fsp3) is 0.750. The van der Waals surface area contributed by atoms with Crippen LogP contribution in [0.1, 0.15) is 56.9 Å². The summed E-state index contributed by atoms with van der Waals surface area (Å²) in [4.78, 5) is 15.4. The molecule has 2 aliphatic heterocycles. The SMILES string of the molecule is CC1CCCN(C(C)(C)CNC(=O)c2cc(S(=O)(=O)N3CCCC3)cn2C)C1. The standard InChI is InChI=1S/C20H34N4O3S/c1-16-8-7-9-23(13-16)20(2,3)15-21-19(25)18-12-17(14-22(18)4)28(26,27)24-10-5-6-11-24/h12,14,16H,5-11,13,15H2,1-4H3,(H,21,25). The maximum Gasteiger partial charge on any atom is 0.268 e. The minimum absolute atomic E-state index is 0.139. The number of sulfonamides is 1. The van der Waals surface area contributed by atoms with Gasteiger partial charge in [0.05, 0.1) is 0 Å². The van der Waals surface area contributed by atoms with E-state index < -0.39 is 10.0 Å². The molecule has 3 heterocycles. The zero-order chi connectivity index (χ0) is 20.5. The molecule has 3 rings (SSSR count). The van der Waals surface area contributed by atoms with Gasteiger partial charge in [-0.1, -0.05) is 6.92 Å². The molecule has 1 N–H and O–H groups in total. The van der Waals surface area contributed by atoms with Gasteiger partial charge in [0.1, 0.15) is 10.6 Å². The molecular weight excluding hydrogens is 376 g/mol. The Hall–Kier alpha value is -1.38. The molecule has 0 aromatic carbocycles. The monoisotopic (exact) mass is 410 g/mol. The summed E-state index contributed by atoms with van der Waals surface area (Å²) >= 11 is 0. The molecule has 1 atom stereocenters. The summed E-state index contributed by atoms with van der Waals surface area (Å²) in [5.41, 5.74) is 0.237. The molecule has 0 saturated carbocycles. The van der Waals surface area contributed by atoms with E-state index in [-0.39, 0.29) is 16.3 Å². The average molecular weight is 411 g/mol. The summed E-state index contributed by atoms with van der Waals surface area (Å²) in [7, 11) is -1.80. The van der Waals surface area contributed by atoms with Gasteiger partial charge in [-0.2, -0.15) is 4.31 Å². The molecule has 7 nitrogen and oxygen atoms in total. The number of carbonyl (C=O) groups excluding carboxylic acids is 1. The number of carbonyl (C=O) groups is 1. The maximum absolute atomic E-state index is 12.8. The molecule has 0 aliphatic carbocycles. The van der Waals surface area contributed by atoms with Gasteiger partial charge in [-0.3, -0.25) is 9.69 Å². The van der Waals surface area contributed by atoms with Gasteiger partial charge >= 0.3 is 0 Å². The first-order valence-corrected chi connectivity index (χ1v) is 11.7. The lowest BCUT2D eigenvalue weighted by molar-refractivity contribution is 0.0655. The Morgan fingerprint density at radius 3 is 2.54 bits per heavy atom. The molecule has 8 heteroatoms. The van der Waals surface area contributed by atoms with E-state index in [4.69, 9.17) is 0 Å². The Labute approximate surface area is 169 Å². The zero-order valence-corrected chi connectivity index (χ0v) is 18.4. The Kier molecular flexibility index (Phi) is 6.22. The first kappa shape index (κ1) is 21.3. The zero-order valence-electron chi connectivity index (χ0n) is 17.6. The van der Waals surface area contributed by atoms with Crippen LogP contribution in [0.4, 0.5) is 0 Å². The third-order valence-electron chi connectivity index (χ3n) is 6.11. The van der Waals surface area contributed by atoms with Crippen LogP contribution in [-0.2, 0) is 17.1 Å². The molecule has 1 amide bonds. The van der Waals surface area contributed by atoms with Gasteiger partial charge in [-0.05, 0) is 58.1 Å². The van der Waals surface area contributed by atoms with Gasteiger partial charge in [-0.25, -0.2) is 8.42 Å². The van der Waals surface area contributed by atoms with Crippen molar-refractivity contribution >= 4 is 15.9 Å². The molecule has 1 aromatic heterocycles. The first-order chi connectivity index (χ1) is 13.1. The minimum atomic E-state index is -3.52. The van der Waals surface area contributed by atoms with E-state index in [0.717, 1.165) is 25.9 Å². The van der Waals surface area contributed by atoms with E-state index in [9.17, 15) is 13.2 Å². The first-order valence-electron chi connectivity index (χ1n) is 10.3. The summed E-state index contributed by atoms with van der Waals surface area (Å²) in [6, 6.07) is 1.50. The van der Waals surface area contributed by atoms with Crippen molar-refractivity contribution < 1.29 is 13.2 Å². The number of nitrogens with one attached hydrogen (secondary N) is 1. The number of aromatic nitrogens is 1. The Bertz CT molecular complexity index is 809. The summed E-state index contributed by atoms with van der Waals surface area (Å²) < 4.78 is 28.6. The molecule has 2 fully saturated rings. The number of hydrogen-bond acceptors (Lipinski definition) is 4. The summed E-state index contributed by atoms with van der Waals surface area (Å²) in [5.74, 6) is 0.443. The Morgan fingerprint density at radius 2 is 1.89 bits per heavy atom. The largest absolute Gasteiger partial charge is 0.349 e. The number of nitrogens with zero attached hydrogens (tertiary/aromatic N) is 3. The van der Waals surface area contributed by atoms with Gasteiger partial charge in [0.15, 0.2) is 0 Å². The van der Waals surface area contributed by atoms with Crippen LogP contribution in [0, 0.1) is 5.92 Å². The lowest BCUT2D eigenvalue weighted by Gasteiger charge is -2.43. The van der Waals surface area contributed by atoms with Gasteiger partial charge < -0.3 is 9.88 Å². The maximum atomic E-state index is 12.8. The second-order valence-electron chi connectivity index (χ2n) is 8.97. The van der Waals surface area contributed by atoms with Crippen LogP contribution < -0.4 is 5.32 Å². The molecule has 158 valence electrons. The Morgan fingerprint density at radius 1 is 1.21 bits per heavy atom. The predicted molar refractivity (Wildman–Crippen MR) is 110 cm³/mol. The van der Waals surface area contributed by atoms with Crippen LogP contribution >= 0.6 is 0 Å². The minimum Gasteiger partial charge on any atom is -0.349 e. The lowest BCUT2D eigenvalue weighted by Crippen LogP contribution is -2.54. The number of hydrogen-bond donors (Lipinski definition) is 1. The van der Waals surface area contributed by atoms with Crippen molar-refractivity contribution in [2.24, 2.45) is 13.0 Å². The molecule has 28 heavy (non-hydrogen) atoms. The molecule has 2 aliphatic rings. The molecule has 2 saturated heterocycles. The van der Waals surface area contributed by atoms with Gasteiger partial charge in [0.25, 0.3) is 5.91 Å². The molecule has 1 aromatic rings.